The predicted octanol–water partition coefficient (Wildman–Crippen LogP) is 4.84. The van der Waals surface area contributed by atoms with Gasteiger partial charge in [-0.3, -0.25) is 0 Å². The van der Waals surface area contributed by atoms with E-state index in [2.05, 4.69) is 52.3 Å². The Bertz CT molecular complexity index is 1510. The van der Waals surface area contributed by atoms with Crippen molar-refractivity contribution in [3.05, 3.63) is 84.4 Å². The minimum Gasteiger partial charge on any atom is -0.355 e. The van der Waals surface area contributed by atoms with Crippen LogP contribution < -0.4 is 20.4 Å². The van der Waals surface area contributed by atoms with E-state index in [0.717, 1.165) is 61.0 Å². The van der Waals surface area contributed by atoms with E-state index in [-0.39, 0.29) is 0 Å². The number of nitrogens with zero attached hydrogens (tertiary/aromatic N) is 3. The SMILES string of the molecule is C[B]c1ccc(S(=O)(=O)NCC2CCC(CNc3nc(N(C)Cc4ccccc4)c4ccccc4n3)CC2)cc1. The van der Waals surface area contributed by atoms with Crippen LogP contribution in [-0.2, 0) is 16.6 Å². The summed E-state index contributed by atoms with van der Waals surface area (Å²) in [5, 5.41) is 4.54. The van der Waals surface area contributed by atoms with E-state index in [1.165, 1.54) is 5.56 Å². The molecule has 1 aliphatic carbocycles. The van der Waals surface area contributed by atoms with Crippen LogP contribution in [0.4, 0.5) is 11.8 Å². The Labute approximate surface area is 238 Å². The first-order chi connectivity index (χ1) is 19.4. The number of hydrogen-bond donors (Lipinski definition) is 2. The van der Waals surface area contributed by atoms with Gasteiger partial charge in [0.15, 0.2) is 0 Å². The molecule has 0 bridgehead atoms. The summed E-state index contributed by atoms with van der Waals surface area (Å²) in [5.74, 6) is 2.42. The van der Waals surface area contributed by atoms with Crippen molar-refractivity contribution in [3.8, 4) is 0 Å². The normalized spacial score (nSPS) is 17.4. The Hall–Kier alpha value is -3.43. The molecular formula is C31H37BN5O2S. The van der Waals surface area contributed by atoms with E-state index in [9.17, 15) is 8.42 Å². The van der Waals surface area contributed by atoms with Crippen LogP contribution >= 0.6 is 0 Å². The van der Waals surface area contributed by atoms with E-state index in [1.807, 2.05) is 50.5 Å². The van der Waals surface area contributed by atoms with Gasteiger partial charge in [0, 0.05) is 32.1 Å². The highest BCUT2D eigenvalue weighted by Crippen LogP contribution is 2.30. The third kappa shape index (κ3) is 7.01. The third-order valence-electron chi connectivity index (χ3n) is 7.81. The smallest absolute Gasteiger partial charge is 0.240 e. The van der Waals surface area contributed by atoms with Crippen molar-refractivity contribution in [3.63, 3.8) is 0 Å². The van der Waals surface area contributed by atoms with Crippen molar-refractivity contribution in [2.24, 2.45) is 11.8 Å². The number of aromatic nitrogens is 2. The fourth-order valence-electron chi connectivity index (χ4n) is 5.39. The van der Waals surface area contributed by atoms with E-state index in [0.29, 0.717) is 29.2 Å². The second-order valence-corrected chi connectivity index (χ2v) is 12.5. The van der Waals surface area contributed by atoms with Gasteiger partial charge in [-0.05, 0) is 67.3 Å². The van der Waals surface area contributed by atoms with E-state index in [4.69, 9.17) is 9.97 Å². The van der Waals surface area contributed by atoms with Crippen LogP contribution in [0.3, 0.4) is 0 Å². The fourth-order valence-corrected chi connectivity index (χ4v) is 6.50. The lowest BCUT2D eigenvalue weighted by atomic mass is 9.74. The molecule has 0 spiro atoms. The molecule has 0 unspecified atom stereocenters. The molecule has 40 heavy (non-hydrogen) atoms. The summed E-state index contributed by atoms with van der Waals surface area (Å²) in [6.45, 7) is 3.98. The van der Waals surface area contributed by atoms with Gasteiger partial charge in [-0.1, -0.05) is 66.9 Å². The summed E-state index contributed by atoms with van der Waals surface area (Å²) in [7, 11) is 0.530. The van der Waals surface area contributed by atoms with Gasteiger partial charge in [0.2, 0.25) is 16.0 Å². The maximum atomic E-state index is 12.7. The number of fused-ring (bicyclic) bond motifs is 1. The zero-order chi connectivity index (χ0) is 28.0. The fraction of sp³-hybridized carbons (Fsp3) is 0.355. The molecule has 2 N–H and O–H groups in total. The van der Waals surface area contributed by atoms with Crippen LogP contribution in [-0.4, -0.2) is 45.8 Å². The number of para-hydroxylation sites is 1. The van der Waals surface area contributed by atoms with Crippen molar-refractivity contribution < 1.29 is 8.42 Å². The Morgan fingerprint density at radius 3 is 2.20 bits per heavy atom. The molecule has 1 aliphatic rings. The largest absolute Gasteiger partial charge is 0.355 e. The molecule has 9 heteroatoms. The molecule has 0 aliphatic heterocycles. The van der Waals surface area contributed by atoms with Crippen LogP contribution in [0.5, 0.6) is 0 Å². The molecule has 1 radical (unpaired) electrons. The van der Waals surface area contributed by atoms with E-state index < -0.39 is 10.0 Å². The Morgan fingerprint density at radius 1 is 0.850 bits per heavy atom. The average molecular weight is 555 g/mol. The lowest BCUT2D eigenvalue weighted by molar-refractivity contribution is 0.284. The van der Waals surface area contributed by atoms with Gasteiger partial charge in [-0.15, -0.1) is 0 Å². The summed E-state index contributed by atoms with van der Waals surface area (Å²) in [5.41, 5.74) is 3.16. The Balaban J connectivity index is 1.15. The number of nitrogens with one attached hydrogen (secondary N) is 2. The maximum Gasteiger partial charge on any atom is 0.240 e. The van der Waals surface area contributed by atoms with Gasteiger partial charge in [-0.2, -0.15) is 4.98 Å². The molecule has 7 nitrogen and oxygen atoms in total. The van der Waals surface area contributed by atoms with Crippen LogP contribution in [0.15, 0.2) is 83.8 Å². The molecule has 0 saturated heterocycles. The maximum absolute atomic E-state index is 12.7. The van der Waals surface area contributed by atoms with Crippen LogP contribution in [0.2, 0.25) is 6.82 Å². The summed E-state index contributed by atoms with van der Waals surface area (Å²) in [4.78, 5) is 12.2. The van der Waals surface area contributed by atoms with E-state index in [1.54, 1.807) is 12.1 Å². The van der Waals surface area contributed by atoms with Gasteiger partial charge in [0.1, 0.15) is 13.1 Å². The first kappa shape index (κ1) is 28.1. The number of anilines is 2. The monoisotopic (exact) mass is 554 g/mol. The van der Waals surface area contributed by atoms with Crippen molar-refractivity contribution >= 4 is 45.4 Å². The molecule has 1 fully saturated rings. The average Bonchev–Trinajstić information content (AvgIpc) is 2.99. The molecule has 1 aromatic heterocycles. The lowest BCUT2D eigenvalue weighted by Gasteiger charge is -2.29. The van der Waals surface area contributed by atoms with Crippen LogP contribution in [0.25, 0.3) is 10.9 Å². The zero-order valence-corrected chi connectivity index (χ0v) is 24.1. The molecule has 5 rings (SSSR count). The molecule has 0 amide bonds. The highest BCUT2D eigenvalue weighted by molar-refractivity contribution is 7.89. The van der Waals surface area contributed by atoms with Crippen molar-refractivity contribution in [1.29, 1.82) is 0 Å². The topological polar surface area (TPSA) is 87.2 Å². The lowest BCUT2D eigenvalue weighted by Crippen LogP contribution is -2.32. The molecule has 1 saturated carbocycles. The van der Waals surface area contributed by atoms with Gasteiger partial charge in [0.05, 0.1) is 10.4 Å². The molecule has 0 atom stereocenters. The molecule has 4 aromatic rings. The Kier molecular flexibility index (Phi) is 9.02. The minimum atomic E-state index is -3.49. The van der Waals surface area contributed by atoms with Gasteiger partial charge >= 0.3 is 0 Å². The van der Waals surface area contributed by atoms with Crippen molar-refractivity contribution in [1.82, 2.24) is 14.7 Å². The highest BCUT2D eigenvalue weighted by Gasteiger charge is 2.24. The molecule has 1 heterocycles. The standard InChI is InChI=1S/C31H37BN5O2S/c1-32-26-16-18-27(19-17-26)40(38,39)34-21-24-14-12-23(13-15-24)20-33-31-35-29-11-7-6-10-28(29)30(36-31)37(2)22-25-8-4-3-5-9-25/h3-11,16-19,23-24,34H,12-15,20-22H2,1-2H3,(H,33,35,36). The van der Waals surface area contributed by atoms with Gasteiger partial charge < -0.3 is 10.2 Å². The Morgan fingerprint density at radius 2 is 1.50 bits per heavy atom. The predicted molar refractivity (Wildman–Crippen MR) is 165 cm³/mol. The highest BCUT2D eigenvalue weighted by atomic mass is 32.2. The van der Waals surface area contributed by atoms with Crippen molar-refractivity contribution in [2.75, 3.05) is 30.4 Å². The van der Waals surface area contributed by atoms with Gasteiger partial charge in [-0.25, -0.2) is 18.1 Å². The first-order valence-corrected chi connectivity index (χ1v) is 15.5. The number of benzene rings is 3. The summed E-state index contributed by atoms with van der Waals surface area (Å²) in [6.07, 6.45) is 4.11. The third-order valence-corrected chi connectivity index (χ3v) is 9.25. The number of sulfonamides is 1. The second kappa shape index (κ2) is 12.8. The van der Waals surface area contributed by atoms with Crippen LogP contribution in [0.1, 0.15) is 31.2 Å². The molecule has 3 aromatic carbocycles. The van der Waals surface area contributed by atoms with Crippen molar-refractivity contribution in [2.45, 2.75) is 43.9 Å². The number of hydrogen-bond acceptors (Lipinski definition) is 6. The van der Waals surface area contributed by atoms with Gasteiger partial charge in [0.25, 0.3) is 0 Å². The zero-order valence-electron chi connectivity index (χ0n) is 23.3. The quantitative estimate of drug-likeness (QED) is 0.258. The summed E-state index contributed by atoms with van der Waals surface area (Å²) in [6, 6.07) is 25.5. The minimum absolute atomic E-state index is 0.320. The number of rotatable bonds is 11. The van der Waals surface area contributed by atoms with Crippen LogP contribution in [0, 0.1) is 11.8 Å². The summed E-state index contributed by atoms with van der Waals surface area (Å²) >= 11 is 0. The van der Waals surface area contributed by atoms with E-state index >= 15 is 0 Å². The second-order valence-electron chi connectivity index (χ2n) is 10.7. The summed E-state index contributed by atoms with van der Waals surface area (Å²) < 4.78 is 28.3. The molecular weight excluding hydrogens is 517 g/mol. The first-order valence-electron chi connectivity index (χ1n) is 14.1. The molecule has 207 valence electrons.